The van der Waals surface area contributed by atoms with Gasteiger partial charge in [0.1, 0.15) is 0 Å². The number of benzene rings is 2. The molecule has 1 saturated heterocycles. The van der Waals surface area contributed by atoms with Crippen molar-refractivity contribution >= 4 is 33.2 Å². The van der Waals surface area contributed by atoms with E-state index < -0.39 is 10.0 Å². The number of halogens is 1. The number of sulfonamides is 1. The number of hydrogen-bond acceptors (Lipinski definition) is 4. The number of hydrogen-bond donors (Lipinski definition) is 2. The fraction of sp³-hybridized carbons (Fsp3) is 0.381. The fourth-order valence-corrected chi connectivity index (χ4v) is 4.76. The second kappa shape index (κ2) is 9.71. The molecule has 2 N–H and O–H groups in total. The zero-order valence-corrected chi connectivity index (χ0v) is 18.0. The lowest BCUT2D eigenvalue weighted by molar-refractivity contribution is -0.114. The van der Waals surface area contributed by atoms with Gasteiger partial charge < -0.3 is 5.32 Å². The normalized spacial score (nSPS) is 15.9. The van der Waals surface area contributed by atoms with Crippen molar-refractivity contribution in [2.75, 3.05) is 25.0 Å². The zero-order chi connectivity index (χ0) is 20.9. The lowest BCUT2D eigenvalue weighted by Crippen LogP contribution is -2.38. The minimum Gasteiger partial charge on any atom is -0.326 e. The van der Waals surface area contributed by atoms with Crippen molar-refractivity contribution in [3.63, 3.8) is 0 Å². The molecule has 8 heteroatoms. The molecule has 6 nitrogen and oxygen atoms in total. The summed E-state index contributed by atoms with van der Waals surface area (Å²) in [5.41, 5.74) is 1.69. The van der Waals surface area contributed by atoms with Gasteiger partial charge in [-0.05, 0) is 67.7 Å². The van der Waals surface area contributed by atoms with Crippen LogP contribution in [-0.4, -0.2) is 38.9 Å². The van der Waals surface area contributed by atoms with Gasteiger partial charge in [0.15, 0.2) is 0 Å². The van der Waals surface area contributed by atoms with Crippen LogP contribution in [0.3, 0.4) is 0 Å². The predicted octanol–water partition coefficient (Wildman–Crippen LogP) is 3.49. The number of rotatable bonds is 7. The van der Waals surface area contributed by atoms with Crippen molar-refractivity contribution in [2.45, 2.75) is 31.2 Å². The number of nitrogens with one attached hydrogen (secondary N) is 2. The summed E-state index contributed by atoms with van der Waals surface area (Å²) < 4.78 is 27.8. The summed E-state index contributed by atoms with van der Waals surface area (Å²) in [5.74, 6) is 0.116. The fourth-order valence-electron chi connectivity index (χ4n) is 3.45. The molecule has 29 heavy (non-hydrogen) atoms. The monoisotopic (exact) mass is 435 g/mol. The Balaban J connectivity index is 1.48. The molecule has 156 valence electrons. The maximum Gasteiger partial charge on any atom is 0.240 e. The first-order valence-corrected chi connectivity index (χ1v) is 11.5. The Morgan fingerprint density at radius 2 is 1.76 bits per heavy atom. The highest BCUT2D eigenvalue weighted by Gasteiger charge is 2.22. The van der Waals surface area contributed by atoms with Crippen LogP contribution in [0.5, 0.6) is 0 Å². The Kier molecular flexibility index (Phi) is 7.29. The van der Waals surface area contributed by atoms with E-state index in [2.05, 4.69) is 14.9 Å². The molecular formula is C21H26ClN3O3S. The molecule has 2 aromatic rings. The zero-order valence-electron chi connectivity index (χ0n) is 16.4. The average Bonchev–Trinajstić information content (AvgIpc) is 2.69. The van der Waals surface area contributed by atoms with E-state index in [0.29, 0.717) is 18.2 Å². The lowest BCUT2D eigenvalue weighted by Gasteiger charge is -2.32. The summed E-state index contributed by atoms with van der Waals surface area (Å²) in [7, 11) is -3.57. The summed E-state index contributed by atoms with van der Waals surface area (Å²) in [6, 6.07) is 14.0. The molecule has 1 amide bonds. The third-order valence-electron chi connectivity index (χ3n) is 5.11. The number of carbonyl (C=O) groups is 1. The molecule has 0 atom stereocenters. The number of amides is 1. The minimum absolute atomic E-state index is 0.195. The van der Waals surface area contributed by atoms with Crippen LogP contribution in [0.2, 0.25) is 5.02 Å². The summed E-state index contributed by atoms with van der Waals surface area (Å²) >= 11 is 6.24. The van der Waals surface area contributed by atoms with Crippen LogP contribution in [0.25, 0.3) is 0 Å². The molecule has 2 aromatic carbocycles. The molecule has 0 aromatic heterocycles. The van der Waals surface area contributed by atoms with Crippen LogP contribution < -0.4 is 10.0 Å². The molecule has 0 saturated carbocycles. The number of anilines is 1. The van der Waals surface area contributed by atoms with E-state index in [0.717, 1.165) is 43.1 Å². The summed E-state index contributed by atoms with van der Waals surface area (Å²) in [5, 5.41) is 3.41. The topological polar surface area (TPSA) is 78.5 Å². The molecule has 1 aliphatic heterocycles. The van der Waals surface area contributed by atoms with Gasteiger partial charge in [0.25, 0.3) is 0 Å². The third-order valence-corrected chi connectivity index (χ3v) is 6.91. The van der Waals surface area contributed by atoms with Crippen LogP contribution in [0.15, 0.2) is 53.4 Å². The van der Waals surface area contributed by atoms with Crippen molar-refractivity contribution < 1.29 is 13.2 Å². The van der Waals surface area contributed by atoms with Gasteiger partial charge in [-0.1, -0.05) is 29.8 Å². The average molecular weight is 436 g/mol. The molecule has 0 bridgehead atoms. The Morgan fingerprint density at radius 1 is 1.10 bits per heavy atom. The molecule has 0 unspecified atom stereocenters. The van der Waals surface area contributed by atoms with E-state index in [1.54, 1.807) is 12.1 Å². The summed E-state index contributed by atoms with van der Waals surface area (Å²) in [6.45, 7) is 4.49. The Hall–Kier alpha value is -1.93. The maximum absolute atomic E-state index is 12.5. The third kappa shape index (κ3) is 6.27. The first-order valence-electron chi connectivity index (χ1n) is 9.66. The molecular weight excluding hydrogens is 410 g/mol. The molecule has 0 radical (unpaired) electrons. The summed E-state index contributed by atoms with van der Waals surface area (Å²) in [6.07, 6.45) is 1.88. The van der Waals surface area contributed by atoms with Gasteiger partial charge in [0.05, 0.1) is 4.90 Å². The van der Waals surface area contributed by atoms with Crippen molar-refractivity contribution in [3.05, 3.63) is 59.1 Å². The van der Waals surface area contributed by atoms with Crippen molar-refractivity contribution in [1.82, 2.24) is 9.62 Å². The van der Waals surface area contributed by atoms with E-state index in [1.807, 2.05) is 24.3 Å². The highest BCUT2D eigenvalue weighted by atomic mass is 35.5. The van der Waals surface area contributed by atoms with E-state index in [9.17, 15) is 13.2 Å². The van der Waals surface area contributed by atoms with E-state index >= 15 is 0 Å². The maximum atomic E-state index is 12.5. The molecule has 1 fully saturated rings. The Labute approximate surface area is 177 Å². The second-order valence-corrected chi connectivity index (χ2v) is 9.54. The van der Waals surface area contributed by atoms with E-state index in [4.69, 9.17) is 11.6 Å². The van der Waals surface area contributed by atoms with Gasteiger partial charge in [0.2, 0.25) is 15.9 Å². The number of piperidine rings is 1. The van der Waals surface area contributed by atoms with Gasteiger partial charge >= 0.3 is 0 Å². The molecule has 0 spiro atoms. The standard InChI is InChI=1S/C21H26ClN3O3S/c1-16(26)24-19-6-8-20(9-7-19)29(27,28)23-14-17-10-12-25(13-11-17)15-18-4-2-3-5-21(18)22/h2-9,17,23H,10-15H2,1H3,(H,24,26). The van der Waals surface area contributed by atoms with Crippen LogP contribution in [0.1, 0.15) is 25.3 Å². The van der Waals surface area contributed by atoms with Crippen molar-refractivity contribution in [3.8, 4) is 0 Å². The molecule has 0 aliphatic carbocycles. The van der Waals surface area contributed by atoms with Crippen LogP contribution in [0.4, 0.5) is 5.69 Å². The van der Waals surface area contributed by atoms with Crippen LogP contribution >= 0.6 is 11.6 Å². The lowest BCUT2D eigenvalue weighted by atomic mass is 9.97. The van der Waals surface area contributed by atoms with Gasteiger partial charge in [0, 0.05) is 30.7 Å². The van der Waals surface area contributed by atoms with Crippen molar-refractivity contribution in [1.29, 1.82) is 0 Å². The number of nitrogens with zero attached hydrogens (tertiary/aromatic N) is 1. The van der Waals surface area contributed by atoms with E-state index in [1.165, 1.54) is 19.1 Å². The Bertz CT molecular complexity index is 940. The highest BCUT2D eigenvalue weighted by Crippen LogP contribution is 2.22. The van der Waals surface area contributed by atoms with Gasteiger partial charge in [-0.15, -0.1) is 0 Å². The number of carbonyl (C=O) groups excluding carboxylic acids is 1. The largest absolute Gasteiger partial charge is 0.326 e. The first-order chi connectivity index (χ1) is 13.8. The Morgan fingerprint density at radius 3 is 2.38 bits per heavy atom. The number of likely N-dealkylation sites (tertiary alicyclic amines) is 1. The molecule has 1 heterocycles. The molecule has 3 rings (SSSR count). The second-order valence-electron chi connectivity index (χ2n) is 7.37. The minimum atomic E-state index is -3.57. The van der Waals surface area contributed by atoms with Crippen molar-refractivity contribution in [2.24, 2.45) is 5.92 Å². The SMILES string of the molecule is CC(=O)Nc1ccc(S(=O)(=O)NCC2CCN(Cc3ccccc3Cl)CC2)cc1. The van der Waals surface area contributed by atoms with E-state index in [-0.39, 0.29) is 10.8 Å². The molecule has 1 aliphatic rings. The van der Waals surface area contributed by atoms with Crippen LogP contribution in [-0.2, 0) is 21.4 Å². The van der Waals surface area contributed by atoms with Gasteiger partial charge in [-0.2, -0.15) is 0 Å². The predicted molar refractivity (Wildman–Crippen MR) is 115 cm³/mol. The summed E-state index contributed by atoms with van der Waals surface area (Å²) in [4.78, 5) is 13.6. The highest BCUT2D eigenvalue weighted by molar-refractivity contribution is 7.89. The first kappa shape index (κ1) is 21.8. The quantitative estimate of drug-likeness (QED) is 0.697. The van der Waals surface area contributed by atoms with Gasteiger partial charge in [-0.25, -0.2) is 13.1 Å². The van der Waals surface area contributed by atoms with Crippen LogP contribution in [0, 0.1) is 5.92 Å². The van der Waals surface area contributed by atoms with Gasteiger partial charge in [-0.3, -0.25) is 9.69 Å². The smallest absolute Gasteiger partial charge is 0.240 e.